The van der Waals surface area contributed by atoms with Crippen molar-refractivity contribution in [3.63, 3.8) is 0 Å². The lowest BCUT2D eigenvalue weighted by molar-refractivity contribution is -0.115. The van der Waals surface area contributed by atoms with Crippen LogP contribution in [-0.2, 0) is 9.59 Å². The quantitative estimate of drug-likeness (QED) is 0.134. The SMILES string of the molecule is Cc1ccc(/C=C(/NC(=O)c2ccccc2)C(=O)Nc2cccc(SC(C)C(=O)Nc3cc(Cl)ccc3Cl)c2)cc1. The first-order chi connectivity index (χ1) is 19.7. The van der Waals surface area contributed by atoms with Gasteiger partial charge in [-0.25, -0.2) is 0 Å². The van der Waals surface area contributed by atoms with E-state index in [9.17, 15) is 14.4 Å². The summed E-state index contributed by atoms with van der Waals surface area (Å²) in [6.45, 7) is 3.74. The average Bonchev–Trinajstić information content (AvgIpc) is 2.96. The summed E-state index contributed by atoms with van der Waals surface area (Å²) >= 11 is 13.5. The Hall–Kier alpha value is -4.04. The fourth-order valence-electron chi connectivity index (χ4n) is 3.70. The number of hydrogen-bond acceptors (Lipinski definition) is 4. The van der Waals surface area contributed by atoms with Gasteiger partial charge < -0.3 is 16.0 Å². The van der Waals surface area contributed by atoms with Crippen LogP contribution in [0.5, 0.6) is 0 Å². The summed E-state index contributed by atoms with van der Waals surface area (Å²) in [6, 6.07) is 28.3. The minimum absolute atomic E-state index is 0.0897. The first-order valence-corrected chi connectivity index (χ1v) is 14.3. The van der Waals surface area contributed by atoms with Crippen LogP contribution in [0, 0.1) is 6.92 Å². The Morgan fingerprint density at radius 3 is 2.29 bits per heavy atom. The minimum Gasteiger partial charge on any atom is -0.324 e. The molecule has 3 amide bonds. The van der Waals surface area contributed by atoms with Crippen molar-refractivity contribution in [1.29, 1.82) is 0 Å². The molecule has 4 rings (SSSR count). The molecule has 208 valence electrons. The zero-order valence-electron chi connectivity index (χ0n) is 22.3. The molecule has 4 aromatic rings. The van der Waals surface area contributed by atoms with E-state index >= 15 is 0 Å². The number of anilines is 2. The Kier molecular flexibility index (Phi) is 10.2. The summed E-state index contributed by atoms with van der Waals surface area (Å²) in [5.41, 5.74) is 3.30. The molecule has 0 spiro atoms. The van der Waals surface area contributed by atoms with Crippen LogP contribution in [-0.4, -0.2) is 23.0 Å². The van der Waals surface area contributed by atoms with Crippen LogP contribution in [0.1, 0.15) is 28.4 Å². The van der Waals surface area contributed by atoms with Crippen LogP contribution in [0.3, 0.4) is 0 Å². The van der Waals surface area contributed by atoms with E-state index in [2.05, 4.69) is 16.0 Å². The van der Waals surface area contributed by atoms with Crippen LogP contribution in [0.25, 0.3) is 6.08 Å². The Labute approximate surface area is 253 Å². The van der Waals surface area contributed by atoms with Crippen molar-refractivity contribution in [2.45, 2.75) is 24.0 Å². The molecule has 0 aliphatic carbocycles. The zero-order chi connectivity index (χ0) is 29.4. The van der Waals surface area contributed by atoms with Gasteiger partial charge in [-0.15, -0.1) is 11.8 Å². The first-order valence-electron chi connectivity index (χ1n) is 12.7. The number of amides is 3. The number of carbonyl (C=O) groups is 3. The topological polar surface area (TPSA) is 87.3 Å². The lowest BCUT2D eigenvalue weighted by Crippen LogP contribution is -2.30. The molecule has 1 atom stereocenters. The second-order valence-corrected chi connectivity index (χ2v) is 11.4. The normalized spacial score (nSPS) is 11.9. The molecular weight excluding hydrogens is 577 g/mol. The van der Waals surface area contributed by atoms with Gasteiger partial charge in [-0.2, -0.15) is 0 Å². The molecule has 0 radical (unpaired) electrons. The maximum absolute atomic E-state index is 13.4. The second kappa shape index (κ2) is 14.0. The number of hydrogen-bond donors (Lipinski definition) is 3. The van der Waals surface area contributed by atoms with E-state index in [0.29, 0.717) is 27.0 Å². The van der Waals surface area contributed by atoms with E-state index in [1.54, 1.807) is 73.7 Å². The Balaban J connectivity index is 1.48. The van der Waals surface area contributed by atoms with Crippen LogP contribution in [0.2, 0.25) is 10.0 Å². The number of nitrogens with one attached hydrogen (secondary N) is 3. The monoisotopic (exact) mass is 603 g/mol. The van der Waals surface area contributed by atoms with Crippen molar-refractivity contribution in [2.75, 3.05) is 10.6 Å². The predicted molar refractivity (Wildman–Crippen MR) is 169 cm³/mol. The molecule has 0 bridgehead atoms. The Morgan fingerprint density at radius 1 is 0.829 bits per heavy atom. The van der Waals surface area contributed by atoms with Crippen LogP contribution in [0.4, 0.5) is 11.4 Å². The summed E-state index contributed by atoms with van der Waals surface area (Å²) < 4.78 is 0. The highest BCUT2D eigenvalue weighted by Gasteiger charge is 2.18. The van der Waals surface area contributed by atoms with E-state index in [4.69, 9.17) is 23.2 Å². The second-order valence-electron chi connectivity index (χ2n) is 9.14. The van der Waals surface area contributed by atoms with E-state index in [1.807, 2.05) is 43.3 Å². The van der Waals surface area contributed by atoms with Crippen LogP contribution >= 0.6 is 35.0 Å². The summed E-state index contributed by atoms with van der Waals surface area (Å²) in [5, 5.41) is 8.77. The summed E-state index contributed by atoms with van der Waals surface area (Å²) in [6.07, 6.45) is 1.63. The molecule has 0 fully saturated rings. The third-order valence-electron chi connectivity index (χ3n) is 5.88. The summed E-state index contributed by atoms with van der Waals surface area (Å²) in [4.78, 5) is 39.8. The average molecular weight is 605 g/mol. The molecule has 9 heteroatoms. The van der Waals surface area contributed by atoms with Crippen LogP contribution in [0.15, 0.2) is 108 Å². The molecule has 0 heterocycles. The van der Waals surface area contributed by atoms with Crippen molar-refractivity contribution in [3.05, 3.63) is 129 Å². The maximum atomic E-state index is 13.4. The Bertz CT molecular complexity index is 1590. The van der Waals surface area contributed by atoms with Gasteiger partial charge in [-0.3, -0.25) is 14.4 Å². The molecule has 0 aromatic heterocycles. The number of benzene rings is 4. The van der Waals surface area contributed by atoms with E-state index < -0.39 is 17.1 Å². The number of aryl methyl sites for hydroxylation is 1. The Morgan fingerprint density at radius 2 is 1.56 bits per heavy atom. The van der Waals surface area contributed by atoms with Gasteiger partial charge in [-0.05, 0) is 74.0 Å². The van der Waals surface area contributed by atoms with Crippen molar-refractivity contribution in [1.82, 2.24) is 5.32 Å². The molecule has 4 aromatic carbocycles. The first kappa shape index (κ1) is 29.9. The van der Waals surface area contributed by atoms with E-state index in [-0.39, 0.29) is 11.6 Å². The van der Waals surface area contributed by atoms with Crippen molar-refractivity contribution in [2.24, 2.45) is 0 Å². The maximum Gasteiger partial charge on any atom is 0.272 e. The minimum atomic E-state index is -0.488. The largest absolute Gasteiger partial charge is 0.324 e. The molecular formula is C32H27Cl2N3O3S. The van der Waals surface area contributed by atoms with Crippen molar-refractivity contribution < 1.29 is 14.4 Å². The standard InChI is InChI=1S/C32H27Cl2N3O3S/c1-20-11-13-22(14-12-20)17-29(37-31(39)23-7-4-3-5-8-23)32(40)35-25-9-6-10-26(19-25)41-21(2)30(38)36-28-18-24(33)15-16-27(28)34/h3-19,21H,1-2H3,(H,35,40)(H,36,38)(H,37,39)/b29-17+. The van der Waals surface area contributed by atoms with E-state index in [0.717, 1.165) is 16.0 Å². The lowest BCUT2D eigenvalue weighted by Gasteiger charge is -2.15. The smallest absolute Gasteiger partial charge is 0.272 e. The van der Waals surface area contributed by atoms with Gasteiger partial charge in [0.1, 0.15) is 5.70 Å². The lowest BCUT2D eigenvalue weighted by atomic mass is 10.1. The van der Waals surface area contributed by atoms with Gasteiger partial charge in [0.05, 0.1) is 16.0 Å². The number of thioether (sulfide) groups is 1. The summed E-state index contributed by atoms with van der Waals surface area (Å²) in [7, 11) is 0. The molecule has 0 saturated heterocycles. The van der Waals surface area contributed by atoms with Gasteiger partial charge in [0.2, 0.25) is 5.91 Å². The molecule has 1 unspecified atom stereocenters. The highest BCUT2D eigenvalue weighted by molar-refractivity contribution is 8.00. The van der Waals surface area contributed by atoms with Gasteiger partial charge in [-0.1, -0.05) is 77.3 Å². The molecule has 3 N–H and O–H groups in total. The third kappa shape index (κ3) is 8.72. The molecule has 0 aliphatic rings. The van der Waals surface area contributed by atoms with Gasteiger partial charge in [0, 0.05) is 21.2 Å². The fourth-order valence-corrected chi connectivity index (χ4v) is 4.97. The van der Waals surface area contributed by atoms with Crippen molar-refractivity contribution >= 4 is 70.1 Å². The van der Waals surface area contributed by atoms with Crippen molar-refractivity contribution in [3.8, 4) is 0 Å². The predicted octanol–water partition coefficient (Wildman–Crippen LogP) is 7.83. The molecule has 6 nitrogen and oxygen atoms in total. The van der Waals surface area contributed by atoms with Gasteiger partial charge in [0.15, 0.2) is 0 Å². The number of rotatable bonds is 9. The fraction of sp³-hybridized carbons (Fsp3) is 0.0938. The van der Waals surface area contributed by atoms with Gasteiger partial charge in [0.25, 0.3) is 11.8 Å². The zero-order valence-corrected chi connectivity index (χ0v) is 24.6. The molecule has 41 heavy (non-hydrogen) atoms. The van der Waals surface area contributed by atoms with Crippen LogP contribution < -0.4 is 16.0 Å². The van der Waals surface area contributed by atoms with Gasteiger partial charge >= 0.3 is 0 Å². The third-order valence-corrected chi connectivity index (χ3v) is 7.54. The number of carbonyl (C=O) groups excluding carboxylic acids is 3. The molecule has 0 aliphatic heterocycles. The molecule has 0 saturated carbocycles. The van der Waals surface area contributed by atoms with E-state index in [1.165, 1.54) is 11.8 Å². The highest BCUT2D eigenvalue weighted by atomic mass is 35.5. The summed E-state index contributed by atoms with van der Waals surface area (Å²) in [5.74, 6) is -1.14. The number of halogens is 2. The highest BCUT2D eigenvalue weighted by Crippen LogP contribution is 2.29.